The summed E-state index contributed by atoms with van der Waals surface area (Å²) >= 11 is 5.97. The monoisotopic (exact) mass is 397 g/mol. The maximum absolute atomic E-state index is 12.5. The highest BCUT2D eigenvalue weighted by Gasteiger charge is 2.12. The minimum Gasteiger partial charge on any atom is -0.368 e. The van der Waals surface area contributed by atoms with E-state index in [1.807, 2.05) is 6.07 Å². The molecule has 0 saturated carbocycles. The molecule has 0 aliphatic rings. The summed E-state index contributed by atoms with van der Waals surface area (Å²) in [6.45, 7) is -0.266. The molecule has 3 rings (SSSR count). The molecule has 0 atom stereocenters. The summed E-state index contributed by atoms with van der Waals surface area (Å²) < 4.78 is 1.54. The van der Waals surface area contributed by atoms with E-state index in [0.29, 0.717) is 16.3 Å². The molecule has 3 amide bonds. The van der Waals surface area contributed by atoms with Crippen LogP contribution in [0.15, 0.2) is 60.9 Å². The van der Waals surface area contributed by atoms with Crippen LogP contribution in [0.4, 0.5) is 5.69 Å². The molecule has 8 nitrogen and oxygen atoms in total. The fourth-order valence-electron chi connectivity index (χ4n) is 2.41. The number of aromatic nitrogens is 2. The molecule has 142 valence electrons. The number of hydrogen-bond donors (Lipinski definition) is 3. The van der Waals surface area contributed by atoms with Crippen LogP contribution in [0.25, 0.3) is 5.69 Å². The lowest BCUT2D eigenvalue weighted by molar-refractivity contribution is -0.117. The number of benzene rings is 2. The minimum absolute atomic E-state index is 0.266. The second kappa shape index (κ2) is 8.36. The van der Waals surface area contributed by atoms with Gasteiger partial charge in [-0.1, -0.05) is 23.7 Å². The van der Waals surface area contributed by atoms with Gasteiger partial charge >= 0.3 is 0 Å². The number of carbonyl (C=O) groups excluding carboxylic acids is 3. The van der Waals surface area contributed by atoms with Crippen molar-refractivity contribution in [2.24, 2.45) is 5.73 Å². The Morgan fingerprint density at radius 2 is 1.82 bits per heavy atom. The Labute approximate surface area is 165 Å². The van der Waals surface area contributed by atoms with E-state index in [0.717, 1.165) is 5.69 Å². The van der Waals surface area contributed by atoms with Gasteiger partial charge in [-0.25, -0.2) is 4.68 Å². The van der Waals surface area contributed by atoms with Crippen LogP contribution >= 0.6 is 11.6 Å². The standard InChI is InChI=1S/C19H16ClN5O3/c20-14-4-2-6-16(8-14)25-11-13(9-23-25)19(28)24-15-5-1-3-12(7-15)18(27)22-10-17(21)26/h1-9,11H,10H2,(H2,21,26)(H,22,27)(H,24,28). The number of nitrogens with two attached hydrogens (primary N) is 1. The van der Waals surface area contributed by atoms with E-state index in [4.69, 9.17) is 17.3 Å². The van der Waals surface area contributed by atoms with Crippen LogP contribution in [0.2, 0.25) is 5.02 Å². The summed E-state index contributed by atoms with van der Waals surface area (Å²) in [5, 5.41) is 9.82. The molecule has 4 N–H and O–H groups in total. The molecule has 0 unspecified atom stereocenters. The highest BCUT2D eigenvalue weighted by molar-refractivity contribution is 6.30. The van der Waals surface area contributed by atoms with Crippen LogP contribution in [-0.4, -0.2) is 34.0 Å². The number of primary amides is 1. The Kier molecular flexibility index (Phi) is 5.71. The van der Waals surface area contributed by atoms with E-state index >= 15 is 0 Å². The van der Waals surface area contributed by atoms with E-state index in [9.17, 15) is 14.4 Å². The maximum atomic E-state index is 12.5. The van der Waals surface area contributed by atoms with Crippen molar-refractivity contribution < 1.29 is 14.4 Å². The molecule has 0 spiro atoms. The van der Waals surface area contributed by atoms with Gasteiger partial charge in [-0.15, -0.1) is 0 Å². The molecule has 9 heteroatoms. The number of anilines is 1. The van der Waals surface area contributed by atoms with E-state index in [-0.39, 0.29) is 18.0 Å². The Balaban J connectivity index is 1.71. The number of rotatable bonds is 6. The van der Waals surface area contributed by atoms with E-state index < -0.39 is 11.8 Å². The molecule has 0 radical (unpaired) electrons. The number of halogens is 1. The number of nitrogens with zero attached hydrogens (tertiary/aromatic N) is 2. The van der Waals surface area contributed by atoms with Crippen LogP contribution in [0.5, 0.6) is 0 Å². The molecule has 0 fully saturated rings. The SMILES string of the molecule is NC(=O)CNC(=O)c1cccc(NC(=O)c2cnn(-c3cccc(Cl)c3)c2)c1. The Bertz CT molecular complexity index is 1050. The van der Waals surface area contributed by atoms with Gasteiger partial charge in [-0.3, -0.25) is 14.4 Å². The second-order valence-corrected chi connectivity index (χ2v) is 6.27. The van der Waals surface area contributed by atoms with Gasteiger partial charge in [0.05, 0.1) is 24.0 Å². The lowest BCUT2D eigenvalue weighted by atomic mass is 10.2. The predicted octanol–water partition coefficient (Wildman–Crippen LogP) is 1.99. The zero-order chi connectivity index (χ0) is 20.1. The summed E-state index contributed by atoms with van der Waals surface area (Å²) in [6.07, 6.45) is 3.00. The first-order valence-corrected chi connectivity index (χ1v) is 8.59. The molecule has 0 bridgehead atoms. The van der Waals surface area contributed by atoms with Crippen molar-refractivity contribution >= 4 is 35.0 Å². The molecule has 3 aromatic rings. The van der Waals surface area contributed by atoms with Crippen molar-refractivity contribution in [3.63, 3.8) is 0 Å². The van der Waals surface area contributed by atoms with Gasteiger partial charge in [0.1, 0.15) is 0 Å². The number of nitrogens with one attached hydrogen (secondary N) is 2. The normalized spacial score (nSPS) is 10.3. The zero-order valence-electron chi connectivity index (χ0n) is 14.6. The number of hydrogen-bond acceptors (Lipinski definition) is 4. The third-order valence-corrected chi connectivity index (χ3v) is 3.96. The van der Waals surface area contributed by atoms with Gasteiger partial charge in [0.25, 0.3) is 11.8 Å². The fraction of sp³-hybridized carbons (Fsp3) is 0.0526. The van der Waals surface area contributed by atoms with Crippen LogP contribution in [-0.2, 0) is 4.79 Å². The first-order chi connectivity index (χ1) is 13.4. The molecule has 2 aromatic carbocycles. The third-order valence-electron chi connectivity index (χ3n) is 3.72. The Hall–Kier alpha value is -3.65. The highest BCUT2D eigenvalue weighted by Crippen LogP contribution is 2.16. The molecular formula is C19H16ClN5O3. The summed E-state index contributed by atoms with van der Waals surface area (Å²) in [7, 11) is 0. The van der Waals surface area contributed by atoms with Crippen molar-refractivity contribution in [3.8, 4) is 5.69 Å². The summed E-state index contributed by atoms with van der Waals surface area (Å²) in [5.41, 5.74) is 6.77. The summed E-state index contributed by atoms with van der Waals surface area (Å²) in [5.74, 6) is -1.50. The molecule has 28 heavy (non-hydrogen) atoms. The quantitative estimate of drug-likeness (QED) is 0.589. The average molecular weight is 398 g/mol. The maximum Gasteiger partial charge on any atom is 0.258 e. The van der Waals surface area contributed by atoms with Crippen LogP contribution in [0, 0.1) is 0 Å². The van der Waals surface area contributed by atoms with Crippen LogP contribution < -0.4 is 16.4 Å². The van der Waals surface area contributed by atoms with Crippen molar-refractivity contribution in [2.45, 2.75) is 0 Å². The molecule has 0 aliphatic heterocycles. The lowest BCUT2D eigenvalue weighted by Gasteiger charge is -2.07. The Morgan fingerprint density at radius 3 is 2.57 bits per heavy atom. The molecule has 1 heterocycles. The van der Waals surface area contributed by atoms with Crippen LogP contribution in [0.3, 0.4) is 0 Å². The summed E-state index contributed by atoms with van der Waals surface area (Å²) in [6, 6.07) is 13.4. The summed E-state index contributed by atoms with van der Waals surface area (Å²) in [4.78, 5) is 35.2. The first-order valence-electron chi connectivity index (χ1n) is 8.21. The molecule has 0 aliphatic carbocycles. The smallest absolute Gasteiger partial charge is 0.258 e. The largest absolute Gasteiger partial charge is 0.368 e. The topological polar surface area (TPSA) is 119 Å². The van der Waals surface area contributed by atoms with Crippen molar-refractivity contribution in [1.82, 2.24) is 15.1 Å². The highest BCUT2D eigenvalue weighted by atomic mass is 35.5. The van der Waals surface area contributed by atoms with Crippen molar-refractivity contribution in [1.29, 1.82) is 0 Å². The van der Waals surface area contributed by atoms with Gasteiger partial charge in [0.2, 0.25) is 5.91 Å². The zero-order valence-corrected chi connectivity index (χ0v) is 15.3. The van der Waals surface area contributed by atoms with Crippen LogP contribution in [0.1, 0.15) is 20.7 Å². The average Bonchev–Trinajstić information content (AvgIpc) is 3.17. The van der Waals surface area contributed by atoms with E-state index in [1.165, 1.54) is 16.9 Å². The van der Waals surface area contributed by atoms with E-state index in [1.54, 1.807) is 42.6 Å². The molecule has 0 saturated heterocycles. The first kappa shape index (κ1) is 19.1. The second-order valence-electron chi connectivity index (χ2n) is 5.84. The predicted molar refractivity (Wildman–Crippen MR) is 104 cm³/mol. The lowest BCUT2D eigenvalue weighted by Crippen LogP contribution is -2.33. The number of amides is 3. The van der Waals surface area contributed by atoms with Gasteiger partial charge in [-0.2, -0.15) is 5.10 Å². The van der Waals surface area contributed by atoms with Crippen molar-refractivity contribution in [3.05, 3.63) is 77.1 Å². The van der Waals surface area contributed by atoms with Gasteiger partial charge in [-0.05, 0) is 36.4 Å². The van der Waals surface area contributed by atoms with Gasteiger partial charge in [0.15, 0.2) is 0 Å². The minimum atomic E-state index is -0.644. The fourth-order valence-corrected chi connectivity index (χ4v) is 2.60. The molecule has 1 aromatic heterocycles. The van der Waals surface area contributed by atoms with Gasteiger partial charge in [0, 0.05) is 22.5 Å². The van der Waals surface area contributed by atoms with Crippen molar-refractivity contribution in [2.75, 3.05) is 11.9 Å². The van der Waals surface area contributed by atoms with Gasteiger partial charge < -0.3 is 16.4 Å². The Morgan fingerprint density at radius 1 is 1.04 bits per heavy atom. The third kappa shape index (κ3) is 4.74. The molecular weight excluding hydrogens is 382 g/mol. The van der Waals surface area contributed by atoms with E-state index in [2.05, 4.69) is 15.7 Å². The number of carbonyl (C=O) groups is 3.